The fraction of sp³-hybridized carbons (Fsp3) is 0.0667. The Kier molecular flexibility index (Phi) is 4.88. The molecule has 2 aromatic rings. The van der Waals surface area contributed by atoms with Crippen molar-refractivity contribution in [3.8, 4) is 0 Å². The number of benzene rings is 2. The van der Waals surface area contributed by atoms with Gasteiger partial charge in [0.25, 0.3) is 5.69 Å². The molecule has 0 fully saturated rings. The summed E-state index contributed by atoms with van der Waals surface area (Å²) in [5.41, 5.74) is 1.18. The molecule has 0 unspecified atom stereocenters. The first-order chi connectivity index (χ1) is 10.9. The third kappa shape index (κ3) is 4.81. The maximum absolute atomic E-state index is 12.0. The van der Waals surface area contributed by atoms with Gasteiger partial charge in [0.05, 0.1) is 11.3 Å². The number of amides is 2. The molecule has 0 atom stereocenters. The number of hydrogen-bond donors (Lipinski definition) is 3. The van der Waals surface area contributed by atoms with Gasteiger partial charge in [-0.3, -0.25) is 20.2 Å². The van der Waals surface area contributed by atoms with E-state index in [0.717, 1.165) is 0 Å². The van der Waals surface area contributed by atoms with Gasteiger partial charge in [-0.2, -0.15) is 0 Å². The van der Waals surface area contributed by atoms with Crippen molar-refractivity contribution >= 4 is 29.1 Å². The number of nitro groups is 1. The number of carbonyl (C=O) groups excluding carboxylic acids is 1. The van der Waals surface area contributed by atoms with Crippen molar-refractivity contribution in [2.24, 2.45) is 0 Å². The van der Waals surface area contributed by atoms with Gasteiger partial charge < -0.3 is 10.4 Å². The maximum atomic E-state index is 12.0. The van der Waals surface area contributed by atoms with Crippen LogP contribution in [0.2, 0.25) is 0 Å². The Morgan fingerprint density at radius 3 is 2.35 bits per heavy atom. The van der Waals surface area contributed by atoms with Gasteiger partial charge in [-0.1, -0.05) is 18.2 Å². The van der Waals surface area contributed by atoms with E-state index in [1.165, 1.54) is 24.3 Å². The Labute approximate surface area is 130 Å². The van der Waals surface area contributed by atoms with Crippen molar-refractivity contribution in [1.82, 2.24) is 0 Å². The van der Waals surface area contributed by atoms with E-state index in [1.807, 2.05) is 0 Å². The van der Waals surface area contributed by atoms with E-state index in [2.05, 4.69) is 10.6 Å². The summed E-state index contributed by atoms with van der Waals surface area (Å²) >= 11 is 0. The molecule has 0 bridgehead atoms. The van der Waals surface area contributed by atoms with Gasteiger partial charge in [0.15, 0.2) is 0 Å². The Morgan fingerprint density at radius 1 is 1.04 bits per heavy atom. The van der Waals surface area contributed by atoms with Crippen molar-refractivity contribution in [2.45, 2.75) is 6.42 Å². The number of anilines is 2. The van der Waals surface area contributed by atoms with Crippen LogP contribution in [0.4, 0.5) is 21.9 Å². The number of nitrogens with one attached hydrogen (secondary N) is 2. The first kappa shape index (κ1) is 16.0. The Bertz CT molecular complexity index is 760. The highest BCUT2D eigenvalue weighted by molar-refractivity contribution is 5.93. The summed E-state index contributed by atoms with van der Waals surface area (Å²) < 4.78 is 0. The van der Waals surface area contributed by atoms with Crippen molar-refractivity contribution in [1.29, 1.82) is 0 Å². The van der Waals surface area contributed by atoms with Crippen molar-refractivity contribution in [3.63, 3.8) is 0 Å². The number of nitrogens with zero attached hydrogens (tertiary/aromatic N) is 1. The molecule has 8 nitrogen and oxygen atoms in total. The van der Waals surface area contributed by atoms with Crippen molar-refractivity contribution < 1.29 is 19.6 Å². The number of carboxylic acid groups (broad SMARTS) is 1. The van der Waals surface area contributed by atoms with Crippen molar-refractivity contribution in [3.05, 3.63) is 64.2 Å². The van der Waals surface area contributed by atoms with Crippen LogP contribution in [-0.2, 0) is 11.2 Å². The normalized spacial score (nSPS) is 9.91. The fourth-order valence-electron chi connectivity index (χ4n) is 1.97. The zero-order valence-corrected chi connectivity index (χ0v) is 11.9. The molecule has 0 aliphatic heterocycles. The molecular formula is C15H13N3O5. The van der Waals surface area contributed by atoms with E-state index in [4.69, 9.17) is 5.11 Å². The van der Waals surface area contributed by atoms with Crippen LogP contribution >= 0.6 is 0 Å². The minimum absolute atomic E-state index is 0.0295. The zero-order valence-electron chi connectivity index (χ0n) is 11.9. The van der Waals surface area contributed by atoms with Crippen molar-refractivity contribution in [2.75, 3.05) is 10.6 Å². The average molecular weight is 315 g/mol. The molecule has 0 saturated carbocycles. The van der Waals surface area contributed by atoms with Crippen LogP contribution in [0.3, 0.4) is 0 Å². The maximum Gasteiger partial charge on any atom is 0.409 e. The fourth-order valence-corrected chi connectivity index (χ4v) is 1.97. The molecule has 2 rings (SSSR count). The summed E-state index contributed by atoms with van der Waals surface area (Å²) in [5, 5.41) is 24.1. The molecule has 23 heavy (non-hydrogen) atoms. The minimum Gasteiger partial charge on any atom is -0.465 e. The number of nitro benzene ring substituents is 1. The van der Waals surface area contributed by atoms with Crippen LogP contribution in [0.1, 0.15) is 5.56 Å². The molecule has 0 saturated heterocycles. The number of rotatable bonds is 5. The molecule has 0 aromatic heterocycles. The molecule has 118 valence electrons. The van der Waals surface area contributed by atoms with Gasteiger partial charge in [-0.25, -0.2) is 4.79 Å². The largest absolute Gasteiger partial charge is 0.465 e. The van der Waals surface area contributed by atoms with E-state index >= 15 is 0 Å². The molecule has 3 N–H and O–H groups in total. The average Bonchev–Trinajstić information content (AvgIpc) is 2.47. The highest BCUT2D eigenvalue weighted by atomic mass is 16.6. The first-order valence-corrected chi connectivity index (χ1v) is 6.57. The van der Waals surface area contributed by atoms with Gasteiger partial charge >= 0.3 is 6.09 Å². The van der Waals surface area contributed by atoms with E-state index < -0.39 is 11.0 Å². The smallest absolute Gasteiger partial charge is 0.409 e. The molecule has 0 aliphatic carbocycles. The second kappa shape index (κ2) is 7.03. The Balaban J connectivity index is 2.03. The molecule has 0 aliphatic rings. The zero-order chi connectivity index (χ0) is 16.8. The van der Waals surface area contributed by atoms with Crippen LogP contribution in [-0.4, -0.2) is 22.0 Å². The second-order valence-electron chi connectivity index (χ2n) is 4.66. The second-order valence-corrected chi connectivity index (χ2v) is 4.66. The molecule has 0 spiro atoms. The van der Waals surface area contributed by atoms with Gasteiger partial charge in [-0.15, -0.1) is 0 Å². The quantitative estimate of drug-likeness (QED) is 0.578. The predicted octanol–water partition coefficient (Wildman–Crippen LogP) is 2.87. The third-order valence-electron chi connectivity index (χ3n) is 2.88. The van der Waals surface area contributed by atoms with E-state index in [1.54, 1.807) is 24.3 Å². The molecule has 8 heteroatoms. The van der Waals surface area contributed by atoms with Crippen LogP contribution in [0.25, 0.3) is 0 Å². The predicted molar refractivity (Wildman–Crippen MR) is 83.5 cm³/mol. The lowest BCUT2D eigenvalue weighted by Gasteiger charge is -2.07. The lowest BCUT2D eigenvalue weighted by atomic mass is 10.1. The van der Waals surface area contributed by atoms with Gasteiger partial charge in [0.2, 0.25) is 5.91 Å². The highest BCUT2D eigenvalue weighted by Gasteiger charge is 2.09. The summed E-state index contributed by atoms with van der Waals surface area (Å²) in [6.07, 6.45) is -1.23. The summed E-state index contributed by atoms with van der Waals surface area (Å²) in [6, 6.07) is 12.0. The Morgan fingerprint density at radius 2 is 1.70 bits per heavy atom. The summed E-state index contributed by atoms with van der Waals surface area (Å²) in [7, 11) is 0. The molecule has 2 aromatic carbocycles. The van der Waals surface area contributed by atoms with E-state index in [9.17, 15) is 19.7 Å². The first-order valence-electron chi connectivity index (χ1n) is 6.57. The molecule has 2 amide bonds. The lowest BCUT2D eigenvalue weighted by molar-refractivity contribution is -0.384. The number of non-ortho nitro benzene ring substituents is 1. The summed E-state index contributed by atoms with van der Waals surface area (Å²) in [5.74, 6) is -0.363. The summed E-state index contributed by atoms with van der Waals surface area (Å²) in [4.78, 5) is 32.7. The van der Waals surface area contributed by atoms with Crippen LogP contribution < -0.4 is 10.6 Å². The Hall–Kier alpha value is -3.42. The molecule has 0 radical (unpaired) electrons. The summed E-state index contributed by atoms with van der Waals surface area (Å²) in [6.45, 7) is 0. The SMILES string of the molecule is O=C(O)Nc1cccc(NC(=O)Cc2cccc([N+](=O)[O-])c2)c1. The van der Waals surface area contributed by atoms with Crippen LogP contribution in [0, 0.1) is 10.1 Å². The third-order valence-corrected chi connectivity index (χ3v) is 2.88. The minimum atomic E-state index is -1.20. The topological polar surface area (TPSA) is 122 Å². The number of carbonyl (C=O) groups is 2. The van der Waals surface area contributed by atoms with Gasteiger partial charge in [-0.05, 0) is 23.8 Å². The standard InChI is InChI=1S/C15H13N3O5/c19-14(8-10-3-1-6-13(7-10)18(22)23)16-11-4-2-5-12(9-11)17-15(20)21/h1-7,9,17H,8H2,(H,16,19)(H,20,21). The highest BCUT2D eigenvalue weighted by Crippen LogP contribution is 2.17. The molecule has 0 heterocycles. The van der Waals surface area contributed by atoms with Gasteiger partial charge in [0.1, 0.15) is 0 Å². The monoisotopic (exact) mass is 315 g/mol. The van der Waals surface area contributed by atoms with Crippen LogP contribution in [0.15, 0.2) is 48.5 Å². The lowest BCUT2D eigenvalue weighted by Crippen LogP contribution is -2.15. The van der Waals surface area contributed by atoms with E-state index in [0.29, 0.717) is 16.9 Å². The van der Waals surface area contributed by atoms with Crippen LogP contribution in [0.5, 0.6) is 0 Å². The molecular weight excluding hydrogens is 302 g/mol. The van der Waals surface area contributed by atoms with E-state index in [-0.39, 0.29) is 18.0 Å². The number of hydrogen-bond acceptors (Lipinski definition) is 4. The van der Waals surface area contributed by atoms with Gasteiger partial charge in [0, 0.05) is 23.5 Å².